The zero-order valence-electron chi connectivity index (χ0n) is 12.2. The van der Waals surface area contributed by atoms with Gasteiger partial charge in [0.05, 0.1) is 23.2 Å². The van der Waals surface area contributed by atoms with Crippen LogP contribution in [0.3, 0.4) is 0 Å². The van der Waals surface area contributed by atoms with E-state index in [2.05, 4.69) is 5.10 Å². The summed E-state index contributed by atoms with van der Waals surface area (Å²) in [7, 11) is 1.59. The van der Waals surface area contributed by atoms with Crippen molar-refractivity contribution >= 4 is 0 Å². The standard InChI is InChI=1S/C16H12F3N3O/c1-22-12(2-5-21-22)13-9(7-20)14-10(6-11(13)17)16(18,19)8-15(23-14)3-4-15/h2,5-6H,3-4,8H2,1H3. The van der Waals surface area contributed by atoms with E-state index in [4.69, 9.17) is 4.74 Å². The van der Waals surface area contributed by atoms with Crippen LogP contribution in [0.5, 0.6) is 5.75 Å². The summed E-state index contributed by atoms with van der Waals surface area (Å²) in [5, 5.41) is 13.4. The average Bonchev–Trinajstić information content (AvgIpc) is 3.07. The molecule has 2 aliphatic rings. The van der Waals surface area contributed by atoms with Gasteiger partial charge in [-0.15, -0.1) is 0 Å². The van der Waals surface area contributed by atoms with Gasteiger partial charge in [0.25, 0.3) is 5.92 Å². The van der Waals surface area contributed by atoms with Gasteiger partial charge >= 0.3 is 0 Å². The lowest BCUT2D eigenvalue weighted by atomic mass is 9.91. The Morgan fingerprint density at radius 3 is 2.70 bits per heavy atom. The highest BCUT2D eigenvalue weighted by atomic mass is 19.3. The summed E-state index contributed by atoms with van der Waals surface area (Å²) < 4.78 is 50.5. The second-order valence-corrected chi connectivity index (χ2v) is 6.10. The van der Waals surface area contributed by atoms with Gasteiger partial charge in [0.15, 0.2) is 0 Å². The first-order valence-electron chi connectivity index (χ1n) is 7.19. The van der Waals surface area contributed by atoms with Crippen molar-refractivity contribution in [3.8, 4) is 23.1 Å². The molecule has 1 aliphatic heterocycles. The SMILES string of the molecule is Cn1nccc1-c1c(F)cc2c(c1C#N)OC1(CC1)CC2(F)F. The molecule has 0 amide bonds. The van der Waals surface area contributed by atoms with Crippen LogP contribution in [0.2, 0.25) is 0 Å². The summed E-state index contributed by atoms with van der Waals surface area (Å²) in [5.41, 5.74) is -1.38. The van der Waals surface area contributed by atoms with Gasteiger partial charge in [-0.05, 0) is 25.0 Å². The normalized spacial score (nSPS) is 19.8. The molecule has 0 atom stereocenters. The Morgan fingerprint density at radius 2 is 2.13 bits per heavy atom. The van der Waals surface area contributed by atoms with Crippen molar-refractivity contribution in [1.29, 1.82) is 5.26 Å². The maximum absolute atomic E-state index is 14.5. The molecular weight excluding hydrogens is 307 g/mol. The Labute approximate surface area is 130 Å². The van der Waals surface area contributed by atoms with Gasteiger partial charge in [-0.2, -0.15) is 10.4 Å². The first kappa shape index (κ1) is 14.1. The van der Waals surface area contributed by atoms with E-state index in [1.165, 1.54) is 16.9 Å². The molecule has 23 heavy (non-hydrogen) atoms. The van der Waals surface area contributed by atoms with Crippen LogP contribution in [0.15, 0.2) is 18.3 Å². The van der Waals surface area contributed by atoms with E-state index in [0.717, 1.165) is 6.07 Å². The molecule has 1 aliphatic carbocycles. The third-order valence-electron chi connectivity index (χ3n) is 4.48. The summed E-state index contributed by atoms with van der Waals surface area (Å²) in [6, 6.07) is 4.16. The van der Waals surface area contributed by atoms with E-state index in [1.807, 2.05) is 6.07 Å². The number of benzene rings is 1. The van der Waals surface area contributed by atoms with Gasteiger partial charge in [0.2, 0.25) is 0 Å². The molecule has 0 N–H and O–H groups in total. The van der Waals surface area contributed by atoms with Crippen molar-refractivity contribution in [3.05, 3.63) is 35.3 Å². The van der Waals surface area contributed by atoms with Crippen LogP contribution in [0.25, 0.3) is 11.3 Å². The number of alkyl halides is 2. The number of aryl methyl sites for hydroxylation is 1. The van der Waals surface area contributed by atoms with E-state index < -0.39 is 29.3 Å². The Bertz CT molecular complexity index is 862. The number of aromatic nitrogens is 2. The maximum atomic E-state index is 14.5. The van der Waals surface area contributed by atoms with E-state index >= 15 is 0 Å². The molecule has 2 heterocycles. The highest BCUT2D eigenvalue weighted by Crippen LogP contribution is 2.58. The lowest BCUT2D eigenvalue weighted by molar-refractivity contribution is -0.0731. The molecule has 0 bridgehead atoms. The van der Waals surface area contributed by atoms with Crippen molar-refractivity contribution in [3.63, 3.8) is 0 Å². The summed E-state index contributed by atoms with van der Waals surface area (Å²) >= 11 is 0. The molecule has 0 radical (unpaired) electrons. The number of hydrogen-bond donors (Lipinski definition) is 0. The topological polar surface area (TPSA) is 50.8 Å². The molecule has 4 rings (SSSR count). The molecule has 118 valence electrons. The maximum Gasteiger partial charge on any atom is 0.280 e. The monoisotopic (exact) mass is 319 g/mol. The fraction of sp³-hybridized carbons (Fsp3) is 0.375. The first-order chi connectivity index (χ1) is 10.9. The third kappa shape index (κ3) is 1.94. The number of nitriles is 1. The number of rotatable bonds is 1. The molecule has 1 aromatic heterocycles. The lowest BCUT2D eigenvalue weighted by Gasteiger charge is -2.33. The minimum atomic E-state index is -3.21. The molecule has 0 unspecified atom stereocenters. The fourth-order valence-corrected chi connectivity index (χ4v) is 3.16. The quantitative estimate of drug-likeness (QED) is 0.808. The molecule has 1 fully saturated rings. The smallest absolute Gasteiger partial charge is 0.280 e. The molecule has 1 spiro atoms. The van der Waals surface area contributed by atoms with Crippen LogP contribution in [0.1, 0.15) is 30.4 Å². The zero-order chi connectivity index (χ0) is 16.4. The first-order valence-corrected chi connectivity index (χ1v) is 7.19. The van der Waals surface area contributed by atoms with Crippen molar-refractivity contribution in [2.24, 2.45) is 7.05 Å². The Hall–Kier alpha value is -2.49. The van der Waals surface area contributed by atoms with Crippen LogP contribution in [0, 0.1) is 17.1 Å². The van der Waals surface area contributed by atoms with Crippen LogP contribution in [-0.2, 0) is 13.0 Å². The van der Waals surface area contributed by atoms with Crippen molar-refractivity contribution < 1.29 is 17.9 Å². The molecule has 7 heteroatoms. The van der Waals surface area contributed by atoms with Crippen LogP contribution < -0.4 is 4.74 Å². The number of fused-ring (bicyclic) bond motifs is 1. The number of nitrogens with zero attached hydrogens (tertiary/aromatic N) is 3. The number of halogens is 3. The third-order valence-corrected chi connectivity index (χ3v) is 4.48. The predicted octanol–water partition coefficient (Wildman–Crippen LogP) is 3.50. The van der Waals surface area contributed by atoms with E-state index in [9.17, 15) is 18.4 Å². The highest BCUT2D eigenvalue weighted by molar-refractivity contribution is 5.74. The molecule has 1 saturated carbocycles. The second-order valence-electron chi connectivity index (χ2n) is 6.10. The average molecular weight is 319 g/mol. The molecule has 0 saturated heterocycles. The van der Waals surface area contributed by atoms with Crippen LogP contribution in [0.4, 0.5) is 13.2 Å². The van der Waals surface area contributed by atoms with Gasteiger partial charge in [-0.1, -0.05) is 0 Å². The molecule has 2 aromatic rings. The Kier molecular flexibility index (Phi) is 2.63. The van der Waals surface area contributed by atoms with Crippen molar-refractivity contribution in [2.45, 2.75) is 30.8 Å². The minimum absolute atomic E-state index is 0.0558. The molecular formula is C16H12F3N3O. The fourth-order valence-electron chi connectivity index (χ4n) is 3.16. The van der Waals surface area contributed by atoms with E-state index in [1.54, 1.807) is 7.05 Å². The minimum Gasteiger partial charge on any atom is -0.485 e. The van der Waals surface area contributed by atoms with Crippen molar-refractivity contribution in [1.82, 2.24) is 9.78 Å². The zero-order valence-corrected chi connectivity index (χ0v) is 12.2. The van der Waals surface area contributed by atoms with Gasteiger partial charge < -0.3 is 4.74 Å². The highest BCUT2D eigenvalue weighted by Gasteiger charge is 2.58. The summed E-state index contributed by atoms with van der Waals surface area (Å²) in [6.45, 7) is 0. The van der Waals surface area contributed by atoms with Gasteiger partial charge in [0.1, 0.15) is 28.8 Å². The van der Waals surface area contributed by atoms with E-state index in [0.29, 0.717) is 18.5 Å². The largest absolute Gasteiger partial charge is 0.485 e. The van der Waals surface area contributed by atoms with Gasteiger partial charge in [-0.25, -0.2) is 13.2 Å². The molecule has 4 nitrogen and oxygen atoms in total. The Morgan fingerprint density at radius 1 is 1.39 bits per heavy atom. The predicted molar refractivity (Wildman–Crippen MR) is 74.4 cm³/mol. The van der Waals surface area contributed by atoms with Gasteiger partial charge in [0, 0.05) is 13.2 Å². The van der Waals surface area contributed by atoms with Crippen molar-refractivity contribution in [2.75, 3.05) is 0 Å². The number of ether oxygens (including phenoxy) is 1. The van der Waals surface area contributed by atoms with Crippen LogP contribution in [-0.4, -0.2) is 15.4 Å². The van der Waals surface area contributed by atoms with E-state index in [-0.39, 0.29) is 16.9 Å². The summed E-state index contributed by atoms with van der Waals surface area (Å²) in [4.78, 5) is 0. The lowest BCUT2D eigenvalue weighted by Crippen LogP contribution is -2.35. The second kappa shape index (κ2) is 4.28. The summed E-state index contributed by atoms with van der Waals surface area (Å²) in [5.74, 6) is -4.28. The molecule has 1 aromatic carbocycles. The van der Waals surface area contributed by atoms with Gasteiger partial charge in [-0.3, -0.25) is 4.68 Å². The number of hydrogen-bond acceptors (Lipinski definition) is 3. The summed E-state index contributed by atoms with van der Waals surface area (Å²) in [6.07, 6.45) is 2.02. The Balaban J connectivity index is 2.02. The van der Waals surface area contributed by atoms with Crippen LogP contribution >= 0.6 is 0 Å².